The van der Waals surface area contributed by atoms with E-state index in [2.05, 4.69) is 10.3 Å². The van der Waals surface area contributed by atoms with Crippen molar-refractivity contribution >= 4 is 28.9 Å². The van der Waals surface area contributed by atoms with Gasteiger partial charge < -0.3 is 14.8 Å². The van der Waals surface area contributed by atoms with Gasteiger partial charge in [0.2, 0.25) is 0 Å². The fraction of sp³-hybridized carbons (Fsp3) is 0.227. The maximum absolute atomic E-state index is 12.6. The van der Waals surface area contributed by atoms with Crippen LogP contribution < -0.4 is 10.1 Å². The normalized spacial score (nSPS) is 10.4. The van der Waals surface area contributed by atoms with Crippen molar-refractivity contribution in [3.05, 3.63) is 75.2 Å². The van der Waals surface area contributed by atoms with Crippen LogP contribution in [0.5, 0.6) is 5.75 Å². The second-order valence-corrected chi connectivity index (χ2v) is 7.46. The third-order valence-electron chi connectivity index (χ3n) is 4.05. The largest absolute Gasteiger partial charge is 0.486 e. The number of esters is 1. The van der Waals surface area contributed by atoms with E-state index < -0.39 is 0 Å². The minimum absolute atomic E-state index is 0.245. The number of amides is 1. The Labute approximate surface area is 173 Å². The van der Waals surface area contributed by atoms with Crippen molar-refractivity contribution in [2.24, 2.45) is 0 Å². The van der Waals surface area contributed by atoms with Gasteiger partial charge in [-0.15, -0.1) is 11.3 Å². The van der Waals surface area contributed by atoms with E-state index in [4.69, 9.17) is 9.47 Å². The van der Waals surface area contributed by atoms with Gasteiger partial charge in [-0.05, 0) is 62.7 Å². The van der Waals surface area contributed by atoms with Gasteiger partial charge in [-0.1, -0.05) is 12.1 Å². The van der Waals surface area contributed by atoms with Crippen LogP contribution >= 0.6 is 11.3 Å². The fourth-order valence-corrected chi connectivity index (χ4v) is 3.54. The maximum atomic E-state index is 12.6. The minimum atomic E-state index is -0.387. The molecule has 0 aliphatic carbocycles. The molecule has 7 heteroatoms. The van der Waals surface area contributed by atoms with E-state index in [0.29, 0.717) is 35.0 Å². The molecule has 3 aromatic rings. The first-order valence-electron chi connectivity index (χ1n) is 9.20. The molecule has 1 aromatic heterocycles. The van der Waals surface area contributed by atoms with Crippen molar-refractivity contribution in [1.29, 1.82) is 0 Å². The van der Waals surface area contributed by atoms with Gasteiger partial charge in [-0.3, -0.25) is 4.79 Å². The van der Waals surface area contributed by atoms with Gasteiger partial charge in [0, 0.05) is 5.69 Å². The first kappa shape index (κ1) is 20.5. The lowest BCUT2D eigenvalue weighted by Crippen LogP contribution is -2.12. The van der Waals surface area contributed by atoms with Crippen molar-refractivity contribution in [2.45, 2.75) is 27.4 Å². The summed E-state index contributed by atoms with van der Waals surface area (Å²) in [5.41, 5.74) is 2.80. The Morgan fingerprint density at radius 2 is 1.86 bits per heavy atom. The number of hydrogen-bond acceptors (Lipinski definition) is 6. The van der Waals surface area contributed by atoms with Crippen LogP contribution in [0.15, 0.2) is 48.5 Å². The van der Waals surface area contributed by atoms with Crippen LogP contribution in [0.4, 0.5) is 5.69 Å². The first-order valence-corrected chi connectivity index (χ1v) is 10.0. The van der Waals surface area contributed by atoms with Crippen LogP contribution in [0.25, 0.3) is 0 Å². The van der Waals surface area contributed by atoms with Gasteiger partial charge in [-0.2, -0.15) is 0 Å². The van der Waals surface area contributed by atoms with E-state index >= 15 is 0 Å². The molecule has 2 aromatic carbocycles. The molecule has 3 rings (SSSR count). The van der Waals surface area contributed by atoms with Gasteiger partial charge in [-0.25, -0.2) is 9.78 Å². The standard InChI is InChI=1S/C22H22N2O4S/c1-4-27-22(26)16-8-10-17(11-9-16)24-21(25)20-15(3)23-19(29-20)13-28-18-7-5-6-14(2)12-18/h5-12H,4,13H2,1-3H3,(H,24,25). The SMILES string of the molecule is CCOC(=O)c1ccc(NC(=O)c2sc(COc3cccc(C)c3)nc2C)cc1. The van der Waals surface area contributed by atoms with Gasteiger partial charge >= 0.3 is 5.97 Å². The third kappa shape index (κ3) is 5.42. The lowest BCUT2D eigenvalue weighted by atomic mass is 10.2. The Hall–Kier alpha value is -3.19. The molecule has 1 N–H and O–H groups in total. The van der Waals surface area contributed by atoms with Gasteiger partial charge in [0.25, 0.3) is 5.91 Å². The Bertz CT molecular complexity index is 1010. The van der Waals surface area contributed by atoms with Crippen molar-refractivity contribution in [1.82, 2.24) is 4.98 Å². The molecule has 29 heavy (non-hydrogen) atoms. The van der Waals surface area contributed by atoms with Gasteiger partial charge in [0.05, 0.1) is 17.9 Å². The molecule has 0 fully saturated rings. The first-order chi connectivity index (χ1) is 14.0. The molecule has 0 spiro atoms. The number of nitrogens with zero attached hydrogens (tertiary/aromatic N) is 1. The second-order valence-electron chi connectivity index (χ2n) is 6.38. The number of rotatable bonds is 7. The fourth-order valence-electron chi connectivity index (χ4n) is 2.67. The van der Waals surface area contributed by atoms with E-state index in [1.54, 1.807) is 38.1 Å². The number of hydrogen-bond donors (Lipinski definition) is 1. The van der Waals surface area contributed by atoms with E-state index in [9.17, 15) is 9.59 Å². The van der Waals surface area contributed by atoms with Crippen LogP contribution in [0, 0.1) is 13.8 Å². The maximum Gasteiger partial charge on any atom is 0.338 e. The summed E-state index contributed by atoms with van der Waals surface area (Å²) in [6, 6.07) is 14.4. The average Bonchev–Trinajstić information content (AvgIpc) is 3.08. The Kier molecular flexibility index (Phi) is 6.61. The molecule has 0 saturated heterocycles. The number of aryl methyl sites for hydroxylation is 2. The van der Waals surface area contributed by atoms with E-state index in [-0.39, 0.29) is 11.9 Å². The predicted octanol–water partition coefficient (Wildman–Crippen LogP) is 4.77. The summed E-state index contributed by atoms with van der Waals surface area (Å²) in [5.74, 6) is 0.137. The number of thiazole rings is 1. The Balaban J connectivity index is 1.63. The number of carbonyl (C=O) groups excluding carboxylic acids is 2. The molecule has 0 bridgehead atoms. The van der Waals surface area contributed by atoms with Crippen LogP contribution in [0.1, 0.15) is 43.2 Å². The molecule has 0 aliphatic rings. The van der Waals surface area contributed by atoms with Crippen molar-refractivity contribution < 1.29 is 19.1 Å². The van der Waals surface area contributed by atoms with Gasteiger partial charge in [0.15, 0.2) is 0 Å². The summed E-state index contributed by atoms with van der Waals surface area (Å²) >= 11 is 1.30. The summed E-state index contributed by atoms with van der Waals surface area (Å²) in [6.45, 7) is 6.17. The van der Waals surface area contributed by atoms with Crippen LogP contribution in [0.2, 0.25) is 0 Å². The second kappa shape index (κ2) is 9.34. The predicted molar refractivity (Wildman–Crippen MR) is 113 cm³/mol. The van der Waals surface area contributed by atoms with E-state index in [1.807, 2.05) is 31.2 Å². The number of aromatic nitrogens is 1. The third-order valence-corrected chi connectivity index (χ3v) is 5.18. The van der Waals surface area contributed by atoms with Gasteiger partial charge in [0.1, 0.15) is 22.2 Å². The van der Waals surface area contributed by atoms with Crippen molar-refractivity contribution in [2.75, 3.05) is 11.9 Å². The molecule has 0 saturated carbocycles. The lowest BCUT2D eigenvalue weighted by molar-refractivity contribution is 0.0526. The lowest BCUT2D eigenvalue weighted by Gasteiger charge is -2.06. The minimum Gasteiger partial charge on any atom is -0.486 e. The Morgan fingerprint density at radius 1 is 1.10 bits per heavy atom. The molecule has 1 amide bonds. The monoisotopic (exact) mass is 410 g/mol. The molecule has 0 radical (unpaired) electrons. The summed E-state index contributed by atoms with van der Waals surface area (Å²) in [4.78, 5) is 29.3. The molecule has 6 nitrogen and oxygen atoms in total. The topological polar surface area (TPSA) is 77.5 Å². The van der Waals surface area contributed by atoms with Crippen molar-refractivity contribution in [3.63, 3.8) is 0 Å². The summed E-state index contributed by atoms with van der Waals surface area (Å²) in [6.07, 6.45) is 0. The number of anilines is 1. The molecule has 1 heterocycles. The number of benzene rings is 2. The molecule has 0 aliphatic heterocycles. The summed E-state index contributed by atoms with van der Waals surface area (Å²) < 4.78 is 10.7. The molecular weight excluding hydrogens is 388 g/mol. The quantitative estimate of drug-likeness (QED) is 0.568. The highest BCUT2D eigenvalue weighted by Crippen LogP contribution is 2.22. The smallest absolute Gasteiger partial charge is 0.338 e. The molecule has 0 unspecified atom stereocenters. The van der Waals surface area contributed by atoms with Crippen LogP contribution in [-0.2, 0) is 11.3 Å². The highest BCUT2D eigenvalue weighted by molar-refractivity contribution is 7.13. The van der Waals surface area contributed by atoms with Crippen LogP contribution in [-0.4, -0.2) is 23.5 Å². The number of carbonyl (C=O) groups is 2. The zero-order chi connectivity index (χ0) is 20.8. The van der Waals surface area contributed by atoms with Crippen molar-refractivity contribution in [3.8, 4) is 5.75 Å². The summed E-state index contributed by atoms with van der Waals surface area (Å²) in [5, 5.41) is 3.56. The molecule has 150 valence electrons. The zero-order valence-corrected chi connectivity index (χ0v) is 17.3. The van der Waals surface area contributed by atoms with Crippen LogP contribution in [0.3, 0.4) is 0 Å². The average molecular weight is 410 g/mol. The van der Waals surface area contributed by atoms with E-state index in [0.717, 1.165) is 16.3 Å². The number of ether oxygens (including phenoxy) is 2. The Morgan fingerprint density at radius 3 is 2.55 bits per heavy atom. The molecular formula is C22H22N2O4S. The zero-order valence-electron chi connectivity index (χ0n) is 16.5. The van der Waals surface area contributed by atoms with E-state index in [1.165, 1.54) is 11.3 Å². The highest BCUT2D eigenvalue weighted by atomic mass is 32.1. The summed E-state index contributed by atoms with van der Waals surface area (Å²) in [7, 11) is 0. The molecule has 0 atom stereocenters. The highest BCUT2D eigenvalue weighted by Gasteiger charge is 2.16. The number of nitrogens with one attached hydrogen (secondary N) is 1.